The van der Waals surface area contributed by atoms with Gasteiger partial charge in [0, 0.05) is 18.0 Å². The van der Waals surface area contributed by atoms with E-state index in [9.17, 15) is 9.59 Å². The van der Waals surface area contributed by atoms with E-state index in [0.717, 1.165) is 6.42 Å². The summed E-state index contributed by atoms with van der Waals surface area (Å²) in [6.07, 6.45) is 1.28. The standard InChI is InChI=1S/C12H13Cl2N3O2/c13-7-4-8(14)12(9(15)5-7)16-10(18)6-17-3-1-2-11(17)19/h4-5H,1-3,6,15H2,(H,16,18). The monoisotopic (exact) mass is 301 g/mol. The average molecular weight is 302 g/mol. The molecule has 1 saturated heterocycles. The van der Waals surface area contributed by atoms with Crippen LogP contribution in [0.4, 0.5) is 11.4 Å². The molecule has 0 aromatic heterocycles. The normalized spacial score (nSPS) is 14.8. The minimum Gasteiger partial charge on any atom is -0.397 e. The molecule has 102 valence electrons. The number of benzene rings is 1. The van der Waals surface area contributed by atoms with Gasteiger partial charge in [-0.2, -0.15) is 0 Å². The van der Waals surface area contributed by atoms with Crippen molar-refractivity contribution < 1.29 is 9.59 Å². The van der Waals surface area contributed by atoms with Gasteiger partial charge in [-0.15, -0.1) is 0 Å². The van der Waals surface area contributed by atoms with Crippen LogP contribution in [0.1, 0.15) is 12.8 Å². The third-order valence-corrected chi connectivity index (χ3v) is 3.37. The highest BCUT2D eigenvalue weighted by Gasteiger charge is 2.22. The highest BCUT2D eigenvalue weighted by atomic mass is 35.5. The molecular weight excluding hydrogens is 289 g/mol. The number of carbonyl (C=O) groups excluding carboxylic acids is 2. The van der Waals surface area contributed by atoms with E-state index in [4.69, 9.17) is 28.9 Å². The molecule has 1 aliphatic rings. The Hall–Kier alpha value is -1.46. The highest BCUT2D eigenvalue weighted by Crippen LogP contribution is 2.32. The molecular formula is C12H13Cl2N3O2. The fourth-order valence-corrected chi connectivity index (χ4v) is 2.51. The van der Waals surface area contributed by atoms with E-state index in [-0.39, 0.29) is 23.4 Å². The summed E-state index contributed by atoms with van der Waals surface area (Å²) in [7, 11) is 0. The molecule has 0 saturated carbocycles. The molecule has 0 unspecified atom stereocenters. The van der Waals surface area contributed by atoms with E-state index in [2.05, 4.69) is 5.32 Å². The number of nitrogens with zero attached hydrogens (tertiary/aromatic N) is 1. The van der Waals surface area contributed by atoms with Gasteiger partial charge in [0.25, 0.3) is 0 Å². The molecule has 0 bridgehead atoms. The van der Waals surface area contributed by atoms with E-state index < -0.39 is 0 Å². The average Bonchev–Trinajstić information content (AvgIpc) is 2.69. The number of halogens is 2. The van der Waals surface area contributed by atoms with Crippen LogP contribution < -0.4 is 11.1 Å². The Labute approximate surface area is 120 Å². The zero-order valence-corrected chi connectivity index (χ0v) is 11.6. The molecule has 1 aliphatic heterocycles. The second-order valence-electron chi connectivity index (χ2n) is 4.32. The van der Waals surface area contributed by atoms with E-state index in [0.29, 0.717) is 29.4 Å². The Bertz CT molecular complexity index is 511. The Morgan fingerprint density at radius 1 is 1.42 bits per heavy atom. The number of carbonyl (C=O) groups is 2. The van der Waals surface area contributed by atoms with Crippen molar-refractivity contribution in [2.24, 2.45) is 0 Å². The first kappa shape index (κ1) is 14.0. The van der Waals surface area contributed by atoms with Crippen LogP contribution in [-0.2, 0) is 9.59 Å². The first-order valence-electron chi connectivity index (χ1n) is 5.79. The SMILES string of the molecule is Nc1cc(Cl)cc(Cl)c1NC(=O)CN1CCCC1=O. The lowest BCUT2D eigenvalue weighted by molar-refractivity contribution is -0.131. The van der Waals surface area contributed by atoms with Crippen LogP contribution in [0, 0.1) is 0 Å². The van der Waals surface area contributed by atoms with Crippen LogP contribution in [0.2, 0.25) is 10.0 Å². The van der Waals surface area contributed by atoms with Crippen molar-refractivity contribution in [1.82, 2.24) is 4.90 Å². The third-order valence-electron chi connectivity index (χ3n) is 2.86. The lowest BCUT2D eigenvalue weighted by Gasteiger charge is -2.16. The van der Waals surface area contributed by atoms with Gasteiger partial charge >= 0.3 is 0 Å². The number of nitrogens with two attached hydrogens (primary N) is 1. The molecule has 2 amide bonds. The van der Waals surface area contributed by atoms with Gasteiger partial charge in [0.15, 0.2) is 0 Å². The van der Waals surface area contributed by atoms with Crippen LogP contribution in [0.5, 0.6) is 0 Å². The summed E-state index contributed by atoms with van der Waals surface area (Å²) in [6, 6.07) is 3.00. The summed E-state index contributed by atoms with van der Waals surface area (Å²) in [6.45, 7) is 0.618. The summed E-state index contributed by atoms with van der Waals surface area (Å²) < 4.78 is 0. The van der Waals surface area contributed by atoms with Gasteiger partial charge in [0.1, 0.15) is 0 Å². The molecule has 1 heterocycles. The van der Waals surface area contributed by atoms with Crippen molar-refractivity contribution >= 4 is 46.4 Å². The maximum absolute atomic E-state index is 11.9. The lowest BCUT2D eigenvalue weighted by atomic mass is 10.2. The molecule has 0 spiro atoms. The van der Waals surface area contributed by atoms with Gasteiger partial charge in [-0.25, -0.2) is 0 Å². The zero-order valence-electron chi connectivity index (χ0n) is 10.1. The quantitative estimate of drug-likeness (QED) is 0.840. The van der Waals surface area contributed by atoms with Gasteiger partial charge in [-0.3, -0.25) is 9.59 Å². The number of anilines is 2. The third kappa shape index (κ3) is 3.30. The van der Waals surface area contributed by atoms with Gasteiger partial charge in [-0.1, -0.05) is 23.2 Å². The number of rotatable bonds is 3. The van der Waals surface area contributed by atoms with E-state index >= 15 is 0 Å². The fraction of sp³-hybridized carbons (Fsp3) is 0.333. The molecule has 1 aromatic rings. The van der Waals surface area contributed by atoms with Crippen molar-refractivity contribution in [2.45, 2.75) is 12.8 Å². The summed E-state index contributed by atoms with van der Waals surface area (Å²) in [5, 5.41) is 3.27. The van der Waals surface area contributed by atoms with E-state index in [1.807, 2.05) is 0 Å². The summed E-state index contributed by atoms with van der Waals surface area (Å²) in [4.78, 5) is 24.8. The molecule has 19 heavy (non-hydrogen) atoms. The first-order chi connectivity index (χ1) is 8.97. The molecule has 0 atom stereocenters. The molecule has 0 aliphatic carbocycles. The second kappa shape index (κ2) is 5.67. The number of likely N-dealkylation sites (tertiary alicyclic amines) is 1. The minimum atomic E-state index is -0.328. The predicted molar refractivity (Wildman–Crippen MR) is 75.3 cm³/mol. The summed E-state index contributed by atoms with van der Waals surface area (Å²) in [5.74, 6) is -0.337. The second-order valence-corrected chi connectivity index (χ2v) is 5.16. The number of hydrogen-bond acceptors (Lipinski definition) is 3. The molecule has 1 fully saturated rings. The lowest BCUT2D eigenvalue weighted by Crippen LogP contribution is -2.34. The molecule has 7 heteroatoms. The van der Waals surface area contributed by atoms with Gasteiger partial charge in [0.2, 0.25) is 11.8 Å². The van der Waals surface area contributed by atoms with Crippen molar-refractivity contribution in [1.29, 1.82) is 0 Å². The van der Waals surface area contributed by atoms with Crippen LogP contribution >= 0.6 is 23.2 Å². The van der Waals surface area contributed by atoms with Crippen LogP contribution in [0.15, 0.2) is 12.1 Å². The molecule has 5 nitrogen and oxygen atoms in total. The van der Waals surface area contributed by atoms with Crippen LogP contribution in [0.3, 0.4) is 0 Å². The smallest absolute Gasteiger partial charge is 0.244 e. The van der Waals surface area contributed by atoms with Gasteiger partial charge < -0.3 is 16.0 Å². The fourth-order valence-electron chi connectivity index (χ4n) is 1.95. The maximum Gasteiger partial charge on any atom is 0.244 e. The molecule has 3 N–H and O–H groups in total. The Morgan fingerprint density at radius 3 is 2.74 bits per heavy atom. The van der Waals surface area contributed by atoms with Crippen LogP contribution in [0.25, 0.3) is 0 Å². The zero-order chi connectivity index (χ0) is 14.0. The first-order valence-corrected chi connectivity index (χ1v) is 6.55. The Morgan fingerprint density at radius 2 is 2.16 bits per heavy atom. The van der Waals surface area contributed by atoms with Gasteiger partial charge in [-0.05, 0) is 18.6 Å². The Balaban J connectivity index is 2.05. The van der Waals surface area contributed by atoms with E-state index in [1.54, 1.807) is 0 Å². The highest BCUT2D eigenvalue weighted by molar-refractivity contribution is 6.37. The Kier molecular flexibility index (Phi) is 4.17. The maximum atomic E-state index is 11.9. The summed E-state index contributed by atoms with van der Waals surface area (Å²) in [5.41, 5.74) is 6.35. The van der Waals surface area contributed by atoms with Crippen molar-refractivity contribution in [2.75, 3.05) is 24.1 Å². The van der Waals surface area contributed by atoms with Crippen molar-refractivity contribution in [3.63, 3.8) is 0 Å². The number of nitrogen functional groups attached to an aromatic ring is 1. The topological polar surface area (TPSA) is 75.4 Å². The number of nitrogens with one attached hydrogen (secondary N) is 1. The number of amides is 2. The van der Waals surface area contributed by atoms with E-state index in [1.165, 1.54) is 17.0 Å². The van der Waals surface area contributed by atoms with Crippen LogP contribution in [-0.4, -0.2) is 29.8 Å². The minimum absolute atomic E-state index is 0.00896. The van der Waals surface area contributed by atoms with Crippen molar-refractivity contribution in [3.05, 3.63) is 22.2 Å². The van der Waals surface area contributed by atoms with Gasteiger partial charge in [0.05, 0.1) is 22.9 Å². The predicted octanol–water partition coefficient (Wildman–Crippen LogP) is 2.14. The largest absolute Gasteiger partial charge is 0.397 e. The molecule has 1 aromatic carbocycles. The van der Waals surface area contributed by atoms with Crippen molar-refractivity contribution in [3.8, 4) is 0 Å². The summed E-state index contributed by atoms with van der Waals surface area (Å²) >= 11 is 11.7. The number of hydrogen-bond donors (Lipinski definition) is 2. The molecule has 0 radical (unpaired) electrons. The molecule has 2 rings (SSSR count).